The van der Waals surface area contributed by atoms with E-state index in [0.29, 0.717) is 18.2 Å². The normalized spacial score (nSPS) is 30.4. The molecule has 3 heteroatoms. The number of piperidine rings is 1. The van der Waals surface area contributed by atoms with Gasteiger partial charge in [-0.1, -0.05) is 24.3 Å². The van der Waals surface area contributed by atoms with Gasteiger partial charge in [-0.05, 0) is 50.9 Å². The Morgan fingerprint density at radius 3 is 3.00 bits per heavy atom. The summed E-state index contributed by atoms with van der Waals surface area (Å²) in [4.78, 5) is 2.64. The molecule has 3 nitrogen and oxygen atoms in total. The highest BCUT2D eigenvalue weighted by Crippen LogP contribution is 2.35. The molecule has 0 saturated carbocycles. The van der Waals surface area contributed by atoms with Gasteiger partial charge in [0, 0.05) is 25.2 Å². The summed E-state index contributed by atoms with van der Waals surface area (Å²) in [6, 6.07) is 9.93. The van der Waals surface area contributed by atoms with E-state index in [1.54, 1.807) is 0 Å². The molecule has 1 N–H and O–H groups in total. The van der Waals surface area contributed by atoms with Crippen LogP contribution in [0.3, 0.4) is 0 Å². The summed E-state index contributed by atoms with van der Waals surface area (Å²) in [6.45, 7) is 5.23. The summed E-state index contributed by atoms with van der Waals surface area (Å²) in [5.41, 5.74) is 2.99. The Bertz CT molecular complexity index is 446. The van der Waals surface area contributed by atoms with Gasteiger partial charge in [0.25, 0.3) is 0 Å². The quantitative estimate of drug-likeness (QED) is 0.912. The maximum absolute atomic E-state index is 5.86. The van der Waals surface area contributed by atoms with Crippen LogP contribution in [0.1, 0.15) is 36.9 Å². The Kier molecular flexibility index (Phi) is 4.39. The molecular formula is C17H26N2O. The van der Waals surface area contributed by atoms with E-state index in [9.17, 15) is 0 Å². The van der Waals surface area contributed by atoms with E-state index in [1.807, 2.05) is 0 Å². The van der Waals surface area contributed by atoms with Crippen molar-refractivity contribution < 1.29 is 4.74 Å². The molecule has 110 valence electrons. The molecule has 0 radical (unpaired) electrons. The lowest BCUT2D eigenvalue weighted by Crippen LogP contribution is -2.49. The third kappa shape index (κ3) is 2.62. The van der Waals surface area contributed by atoms with Gasteiger partial charge in [0.05, 0.1) is 6.10 Å². The summed E-state index contributed by atoms with van der Waals surface area (Å²) in [6.07, 6.45) is 4.07. The molecule has 0 bridgehead atoms. The minimum absolute atomic E-state index is 0.426. The van der Waals surface area contributed by atoms with Gasteiger partial charge in [0.1, 0.15) is 0 Å². The predicted molar refractivity (Wildman–Crippen MR) is 82.0 cm³/mol. The highest BCUT2D eigenvalue weighted by molar-refractivity contribution is 5.37. The maximum atomic E-state index is 5.86. The van der Waals surface area contributed by atoms with E-state index in [1.165, 1.54) is 36.9 Å². The number of rotatable bonds is 4. The zero-order valence-corrected chi connectivity index (χ0v) is 12.6. The average Bonchev–Trinajstić information content (AvgIpc) is 2.86. The standard InChI is InChI=1S/C17H26N2O/c1-3-20-14-8-6-10-19(12-14)16-11-13-7-4-5-9-15(13)17(16)18-2/h4-5,7,9,14,16-18H,3,6,8,10-12H2,1-2H3. The number of hydrogen-bond acceptors (Lipinski definition) is 3. The zero-order chi connectivity index (χ0) is 13.9. The first-order valence-electron chi connectivity index (χ1n) is 7.94. The third-order valence-electron chi connectivity index (χ3n) is 4.80. The Hall–Kier alpha value is -0.900. The molecule has 3 atom stereocenters. The molecule has 1 fully saturated rings. The van der Waals surface area contributed by atoms with E-state index >= 15 is 0 Å². The van der Waals surface area contributed by atoms with Crippen LogP contribution >= 0.6 is 0 Å². The van der Waals surface area contributed by atoms with Gasteiger partial charge in [-0.3, -0.25) is 4.90 Å². The third-order valence-corrected chi connectivity index (χ3v) is 4.80. The lowest BCUT2D eigenvalue weighted by molar-refractivity contribution is -0.0107. The Labute approximate surface area is 122 Å². The van der Waals surface area contributed by atoms with Crippen molar-refractivity contribution >= 4 is 0 Å². The molecule has 1 heterocycles. The second-order valence-electron chi connectivity index (χ2n) is 5.95. The summed E-state index contributed by atoms with van der Waals surface area (Å²) >= 11 is 0. The number of nitrogens with zero attached hydrogens (tertiary/aromatic N) is 1. The van der Waals surface area contributed by atoms with Crippen molar-refractivity contribution in [1.82, 2.24) is 10.2 Å². The number of ether oxygens (including phenoxy) is 1. The van der Waals surface area contributed by atoms with E-state index in [0.717, 1.165) is 13.2 Å². The van der Waals surface area contributed by atoms with E-state index in [-0.39, 0.29) is 0 Å². The van der Waals surface area contributed by atoms with Crippen molar-refractivity contribution in [3.05, 3.63) is 35.4 Å². The fraction of sp³-hybridized carbons (Fsp3) is 0.647. The number of nitrogens with one attached hydrogen (secondary N) is 1. The number of likely N-dealkylation sites (tertiary alicyclic amines) is 1. The number of benzene rings is 1. The molecule has 1 aromatic rings. The average molecular weight is 274 g/mol. The maximum Gasteiger partial charge on any atom is 0.0702 e. The molecule has 0 amide bonds. The van der Waals surface area contributed by atoms with E-state index in [2.05, 4.69) is 48.5 Å². The van der Waals surface area contributed by atoms with Gasteiger partial charge in [-0.25, -0.2) is 0 Å². The molecule has 1 aromatic carbocycles. The van der Waals surface area contributed by atoms with Gasteiger partial charge >= 0.3 is 0 Å². The van der Waals surface area contributed by atoms with Crippen molar-refractivity contribution in [2.45, 2.75) is 44.4 Å². The van der Waals surface area contributed by atoms with Crippen molar-refractivity contribution in [3.8, 4) is 0 Å². The SMILES string of the molecule is CCOC1CCCN(C2Cc3ccccc3C2NC)C1. The smallest absolute Gasteiger partial charge is 0.0702 e. The molecule has 1 aliphatic carbocycles. The highest BCUT2D eigenvalue weighted by Gasteiger charge is 2.37. The number of hydrogen-bond donors (Lipinski definition) is 1. The summed E-state index contributed by atoms with van der Waals surface area (Å²) in [5, 5.41) is 3.53. The second-order valence-corrected chi connectivity index (χ2v) is 5.95. The largest absolute Gasteiger partial charge is 0.377 e. The monoisotopic (exact) mass is 274 g/mol. The van der Waals surface area contributed by atoms with Gasteiger partial charge < -0.3 is 10.1 Å². The molecule has 20 heavy (non-hydrogen) atoms. The Morgan fingerprint density at radius 1 is 1.35 bits per heavy atom. The van der Waals surface area contributed by atoms with Gasteiger partial charge in [-0.15, -0.1) is 0 Å². The molecule has 0 aromatic heterocycles. The van der Waals surface area contributed by atoms with Gasteiger partial charge in [0.15, 0.2) is 0 Å². The predicted octanol–water partition coefficient (Wildman–Crippen LogP) is 2.37. The molecular weight excluding hydrogens is 248 g/mol. The summed E-state index contributed by atoms with van der Waals surface area (Å²) in [5.74, 6) is 0. The molecule has 0 spiro atoms. The summed E-state index contributed by atoms with van der Waals surface area (Å²) < 4.78 is 5.86. The van der Waals surface area contributed by atoms with Crippen LogP contribution < -0.4 is 5.32 Å². The van der Waals surface area contributed by atoms with Crippen molar-refractivity contribution in [3.63, 3.8) is 0 Å². The van der Waals surface area contributed by atoms with Crippen molar-refractivity contribution in [2.24, 2.45) is 0 Å². The minimum Gasteiger partial charge on any atom is -0.377 e. The minimum atomic E-state index is 0.426. The lowest BCUT2D eigenvalue weighted by atomic mass is 10.0. The summed E-state index contributed by atoms with van der Waals surface area (Å²) in [7, 11) is 2.09. The first kappa shape index (κ1) is 14.1. The molecule has 3 unspecified atom stereocenters. The Morgan fingerprint density at radius 2 is 2.20 bits per heavy atom. The van der Waals surface area contributed by atoms with Crippen LogP contribution in [0.15, 0.2) is 24.3 Å². The molecule has 1 aliphatic heterocycles. The Balaban J connectivity index is 1.74. The number of fused-ring (bicyclic) bond motifs is 1. The van der Waals surface area contributed by atoms with Crippen molar-refractivity contribution in [1.29, 1.82) is 0 Å². The fourth-order valence-corrected chi connectivity index (χ4v) is 3.90. The van der Waals surface area contributed by atoms with Gasteiger partial charge in [0.2, 0.25) is 0 Å². The highest BCUT2D eigenvalue weighted by atomic mass is 16.5. The molecule has 2 aliphatic rings. The van der Waals surface area contributed by atoms with Gasteiger partial charge in [-0.2, -0.15) is 0 Å². The van der Waals surface area contributed by atoms with Crippen LogP contribution in [-0.2, 0) is 11.2 Å². The van der Waals surface area contributed by atoms with Crippen LogP contribution in [0.5, 0.6) is 0 Å². The molecule has 1 saturated heterocycles. The molecule has 3 rings (SSSR count). The zero-order valence-electron chi connectivity index (χ0n) is 12.6. The topological polar surface area (TPSA) is 24.5 Å². The van der Waals surface area contributed by atoms with Crippen LogP contribution in [-0.4, -0.2) is 43.8 Å². The van der Waals surface area contributed by atoms with Crippen LogP contribution in [0.2, 0.25) is 0 Å². The van der Waals surface area contributed by atoms with Crippen LogP contribution in [0, 0.1) is 0 Å². The lowest BCUT2D eigenvalue weighted by Gasteiger charge is -2.39. The fourth-order valence-electron chi connectivity index (χ4n) is 3.90. The van der Waals surface area contributed by atoms with E-state index < -0.39 is 0 Å². The van der Waals surface area contributed by atoms with Crippen LogP contribution in [0.25, 0.3) is 0 Å². The number of likely N-dealkylation sites (N-methyl/N-ethyl adjacent to an activating group) is 1. The van der Waals surface area contributed by atoms with Crippen molar-refractivity contribution in [2.75, 3.05) is 26.7 Å². The first-order chi connectivity index (χ1) is 9.83. The van der Waals surface area contributed by atoms with Crippen LogP contribution in [0.4, 0.5) is 0 Å². The first-order valence-corrected chi connectivity index (χ1v) is 7.94. The second kappa shape index (κ2) is 6.25. The van der Waals surface area contributed by atoms with E-state index in [4.69, 9.17) is 4.74 Å².